The second kappa shape index (κ2) is 18.2. The van der Waals surface area contributed by atoms with E-state index in [1.54, 1.807) is 0 Å². The molecule has 8 nitrogen and oxygen atoms in total. The van der Waals surface area contributed by atoms with Crippen molar-refractivity contribution in [3.63, 3.8) is 0 Å². The highest BCUT2D eigenvalue weighted by atomic mass is 16.5. The molecule has 4 rings (SSSR count). The fourth-order valence-electron chi connectivity index (χ4n) is 4.94. The van der Waals surface area contributed by atoms with Gasteiger partial charge in [0.2, 0.25) is 0 Å². The normalized spacial score (nSPS) is 11.3. The van der Waals surface area contributed by atoms with Crippen LogP contribution in [0.25, 0.3) is 11.1 Å². The van der Waals surface area contributed by atoms with E-state index < -0.39 is 0 Å². The number of unbranched alkanes of at least 4 members (excludes halogenated alkanes) is 2. The average Bonchev–Trinajstić information content (AvgIpc) is 3.63. The van der Waals surface area contributed by atoms with Crippen molar-refractivity contribution in [2.24, 2.45) is 0 Å². The van der Waals surface area contributed by atoms with Gasteiger partial charge in [0, 0.05) is 50.5 Å². The maximum Gasteiger partial charge on any atom is 0.133 e. The summed E-state index contributed by atoms with van der Waals surface area (Å²) in [5, 5.41) is 8.06. The van der Waals surface area contributed by atoms with Gasteiger partial charge in [-0.15, -0.1) is 0 Å². The predicted molar refractivity (Wildman–Crippen MR) is 172 cm³/mol. The van der Waals surface area contributed by atoms with Gasteiger partial charge in [-0.2, -0.15) is 0 Å². The first-order valence-corrected chi connectivity index (χ1v) is 15.9. The third-order valence-electron chi connectivity index (χ3n) is 7.32. The van der Waals surface area contributed by atoms with Crippen molar-refractivity contribution in [1.82, 2.24) is 10.3 Å². The first-order valence-electron chi connectivity index (χ1n) is 15.9. The largest absolute Gasteiger partial charge is 0.494 e. The van der Waals surface area contributed by atoms with E-state index in [-0.39, 0.29) is 0 Å². The van der Waals surface area contributed by atoms with Gasteiger partial charge in [-0.25, -0.2) is 0 Å². The minimum absolute atomic E-state index is 0.603. The summed E-state index contributed by atoms with van der Waals surface area (Å²) in [6.07, 6.45) is 7.53. The molecule has 2 aromatic carbocycles. The van der Waals surface area contributed by atoms with Crippen LogP contribution in [0, 0.1) is 27.7 Å². The highest BCUT2D eigenvalue weighted by Gasteiger charge is 2.12. The summed E-state index contributed by atoms with van der Waals surface area (Å²) >= 11 is 0. The summed E-state index contributed by atoms with van der Waals surface area (Å²) in [6.45, 7) is 12.2. The molecule has 0 N–H and O–H groups in total. The Morgan fingerprint density at radius 1 is 0.545 bits per heavy atom. The number of rotatable bonds is 21. The fraction of sp³-hybridized carbons (Fsp3) is 0.500. The monoisotopic (exact) mass is 604 g/mol. The molecule has 0 unspecified atom stereocenters. The second-order valence-electron chi connectivity index (χ2n) is 11.4. The van der Waals surface area contributed by atoms with Gasteiger partial charge in [0.1, 0.15) is 23.0 Å². The van der Waals surface area contributed by atoms with E-state index in [0.717, 1.165) is 117 Å². The Morgan fingerprint density at radius 3 is 1.86 bits per heavy atom. The van der Waals surface area contributed by atoms with Crippen LogP contribution < -0.4 is 9.47 Å². The topological polar surface area (TPSA) is 89.0 Å². The lowest BCUT2D eigenvalue weighted by Crippen LogP contribution is -2.05. The standard InChI is InChI=1S/C36H48N2O6/c1-27-13-16-36(42-22-10-20-40-17-6-5-11-31-24-29(3)43-37-31)35(23-27)34-26-33(15-14-28(34)2)41-21-8-7-18-39-19-9-12-32-25-30(4)44-38-32/h13-16,23-26H,5-12,17-22H2,1-4H3. The lowest BCUT2D eigenvalue weighted by Gasteiger charge is -2.16. The van der Waals surface area contributed by atoms with Gasteiger partial charge in [-0.3, -0.25) is 0 Å². The Kier molecular flexibility index (Phi) is 13.8. The Hall–Kier alpha value is -3.62. The summed E-state index contributed by atoms with van der Waals surface area (Å²) in [5.74, 6) is 3.46. The summed E-state index contributed by atoms with van der Waals surface area (Å²) in [7, 11) is 0. The summed E-state index contributed by atoms with van der Waals surface area (Å²) in [6, 6.07) is 16.6. The number of hydrogen-bond donors (Lipinski definition) is 0. The molecule has 44 heavy (non-hydrogen) atoms. The van der Waals surface area contributed by atoms with Gasteiger partial charge in [0.15, 0.2) is 0 Å². The zero-order valence-electron chi connectivity index (χ0n) is 26.9. The van der Waals surface area contributed by atoms with Crippen LogP contribution in [-0.4, -0.2) is 50.0 Å². The Morgan fingerprint density at radius 2 is 1.16 bits per heavy atom. The van der Waals surface area contributed by atoms with Crippen molar-refractivity contribution in [2.45, 2.75) is 79.1 Å². The van der Waals surface area contributed by atoms with E-state index >= 15 is 0 Å². The predicted octanol–water partition coefficient (Wildman–Crippen LogP) is 8.18. The van der Waals surface area contributed by atoms with Gasteiger partial charge < -0.3 is 28.0 Å². The molecular formula is C36H48N2O6. The molecular weight excluding hydrogens is 556 g/mol. The molecule has 8 heteroatoms. The molecule has 2 heterocycles. The summed E-state index contributed by atoms with van der Waals surface area (Å²) in [4.78, 5) is 0. The summed E-state index contributed by atoms with van der Waals surface area (Å²) in [5.41, 5.74) is 6.60. The Labute approximate surface area is 262 Å². The Balaban J connectivity index is 1.13. The van der Waals surface area contributed by atoms with Crippen molar-refractivity contribution in [3.05, 3.63) is 82.6 Å². The minimum atomic E-state index is 0.603. The molecule has 0 fully saturated rings. The molecule has 0 aliphatic carbocycles. The van der Waals surface area contributed by atoms with Crippen LogP contribution in [0.15, 0.2) is 57.6 Å². The van der Waals surface area contributed by atoms with E-state index in [2.05, 4.69) is 54.5 Å². The maximum atomic E-state index is 6.25. The van der Waals surface area contributed by atoms with Gasteiger partial charge in [0.25, 0.3) is 0 Å². The molecule has 0 bridgehead atoms. The van der Waals surface area contributed by atoms with Crippen LogP contribution in [0.3, 0.4) is 0 Å². The van der Waals surface area contributed by atoms with Crippen LogP contribution in [0.4, 0.5) is 0 Å². The van der Waals surface area contributed by atoms with Crippen molar-refractivity contribution in [1.29, 1.82) is 0 Å². The minimum Gasteiger partial charge on any atom is -0.494 e. The third-order valence-corrected chi connectivity index (χ3v) is 7.32. The van der Waals surface area contributed by atoms with Crippen molar-refractivity contribution in [3.8, 4) is 22.6 Å². The quantitative estimate of drug-likeness (QED) is 0.0880. The third kappa shape index (κ3) is 11.5. The highest BCUT2D eigenvalue weighted by Crippen LogP contribution is 2.35. The molecule has 0 saturated heterocycles. The van der Waals surface area contributed by atoms with E-state index in [0.29, 0.717) is 19.8 Å². The molecule has 0 radical (unpaired) electrons. The van der Waals surface area contributed by atoms with Crippen molar-refractivity contribution in [2.75, 3.05) is 39.6 Å². The van der Waals surface area contributed by atoms with Crippen LogP contribution in [0.1, 0.15) is 72.6 Å². The molecule has 0 aliphatic rings. The highest BCUT2D eigenvalue weighted by molar-refractivity contribution is 5.75. The van der Waals surface area contributed by atoms with E-state index in [1.165, 1.54) is 11.1 Å². The lowest BCUT2D eigenvalue weighted by molar-refractivity contribution is 0.116. The van der Waals surface area contributed by atoms with E-state index in [1.807, 2.05) is 32.0 Å². The van der Waals surface area contributed by atoms with Gasteiger partial charge >= 0.3 is 0 Å². The number of aromatic nitrogens is 2. The van der Waals surface area contributed by atoms with Gasteiger partial charge in [-0.05, 0) is 108 Å². The molecule has 0 atom stereocenters. The molecule has 0 spiro atoms. The molecule has 0 aliphatic heterocycles. The van der Waals surface area contributed by atoms with Crippen molar-refractivity contribution >= 4 is 0 Å². The zero-order chi connectivity index (χ0) is 31.0. The molecule has 238 valence electrons. The SMILES string of the molecule is Cc1ccc(OCCCOCCCCc2cc(C)on2)c(-c2cc(OCCCCOCCCc3cc(C)on3)ccc2C)c1. The maximum absolute atomic E-state index is 6.25. The summed E-state index contributed by atoms with van der Waals surface area (Å²) < 4.78 is 34.2. The first kappa shape index (κ1) is 33.3. The smallest absolute Gasteiger partial charge is 0.133 e. The Bertz CT molecular complexity index is 1400. The number of ether oxygens (including phenoxy) is 4. The number of nitrogens with zero attached hydrogens (tertiary/aromatic N) is 2. The number of hydrogen-bond acceptors (Lipinski definition) is 8. The molecule has 2 aromatic heterocycles. The molecule has 0 amide bonds. The van der Waals surface area contributed by atoms with Crippen LogP contribution in [0.2, 0.25) is 0 Å². The van der Waals surface area contributed by atoms with Crippen LogP contribution in [0.5, 0.6) is 11.5 Å². The second-order valence-corrected chi connectivity index (χ2v) is 11.4. The molecule has 0 saturated carbocycles. The van der Waals surface area contributed by atoms with Gasteiger partial charge in [0.05, 0.1) is 24.6 Å². The van der Waals surface area contributed by atoms with Crippen LogP contribution in [-0.2, 0) is 22.3 Å². The van der Waals surface area contributed by atoms with E-state index in [9.17, 15) is 0 Å². The fourth-order valence-corrected chi connectivity index (χ4v) is 4.94. The number of benzene rings is 2. The molecule has 4 aromatic rings. The first-order chi connectivity index (χ1) is 21.5. The van der Waals surface area contributed by atoms with Gasteiger partial charge in [-0.1, -0.05) is 28.0 Å². The lowest BCUT2D eigenvalue weighted by atomic mass is 9.98. The zero-order valence-corrected chi connectivity index (χ0v) is 26.9. The van der Waals surface area contributed by atoms with E-state index in [4.69, 9.17) is 28.0 Å². The van der Waals surface area contributed by atoms with Crippen molar-refractivity contribution < 1.29 is 28.0 Å². The average molecular weight is 605 g/mol. The van der Waals surface area contributed by atoms with Crippen LogP contribution >= 0.6 is 0 Å². The number of aryl methyl sites for hydroxylation is 6.